The van der Waals surface area contributed by atoms with Gasteiger partial charge in [0, 0.05) is 38.3 Å². The monoisotopic (exact) mass is 595 g/mol. The van der Waals surface area contributed by atoms with Crippen LogP contribution in [0.15, 0.2) is 30.3 Å². The van der Waals surface area contributed by atoms with Crippen molar-refractivity contribution in [1.82, 2.24) is 20.1 Å². The second-order valence-corrected chi connectivity index (χ2v) is 11.3. The number of alkyl halides is 3. The molecule has 1 aromatic heterocycles. The third kappa shape index (κ3) is 6.86. The summed E-state index contributed by atoms with van der Waals surface area (Å²) in [7, 11) is 0. The maximum Gasteiger partial charge on any atom is 0.406 e. The summed E-state index contributed by atoms with van der Waals surface area (Å²) >= 11 is 0. The van der Waals surface area contributed by atoms with E-state index in [0.717, 1.165) is 5.56 Å². The lowest BCUT2D eigenvalue weighted by Gasteiger charge is -2.45. The first-order chi connectivity index (χ1) is 20.0. The molecule has 2 N–H and O–H groups in total. The molecule has 230 valence electrons. The molecule has 4 heterocycles. The molecule has 4 atom stereocenters. The Morgan fingerprint density at radius 1 is 1.17 bits per heavy atom. The SMILES string of the molecule is C[C@@H]1CN(CC(=O)N2c3cc(Cc4ccc(F)cc4)c(CO)nc3OC[C@@H]2C)[C@@H](CN2CCOC[C@@H]2C(F)(F)F)CN1. The molecular weight excluding hydrogens is 558 g/mol. The van der Waals surface area contributed by atoms with Crippen LogP contribution in [0.2, 0.25) is 0 Å². The lowest BCUT2D eigenvalue weighted by molar-refractivity contribution is -0.213. The summed E-state index contributed by atoms with van der Waals surface area (Å²) in [5.41, 5.74) is 2.37. The number of anilines is 1. The van der Waals surface area contributed by atoms with Gasteiger partial charge in [-0.25, -0.2) is 9.37 Å². The zero-order valence-corrected chi connectivity index (χ0v) is 23.7. The Hall–Kier alpha value is -2.84. The number of hydrogen-bond acceptors (Lipinski definition) is 8. The number of nitrogens with one attached hydrogen (secondary N) is 1. The van der Waals surface area contributed by atoms with Crippen molar-refractivity contribution >= 4 is 11.6 Å². The molecule has 0 radical (unpaired) electrons. The van der Waals surface area contributed by atoms with E-state index in [9.17, 15) is 27.5 Å². The van der Waals surface area contributed by atoms with Gasteiger partial charge in [-0.3, -0.25) is 14.6 Å². The van der Waals surface area contributed by atoms with Crippen molar-refractivity contribution in [3.63, 3.8) is 0 Å². The lowest BCUT2D eigenvalue weighted by atomic mass is 10.0. The molecule has 2 saturated heterocycles. The molecule has 3 aliphatic heterocycles. The first kappa shape index (κ1) is 30.6. The highest BCUT2D eigenvalue weighted by molar-refractivity contribution is 5.97. The summed E-state index contributed by atoms with van der Waals surface area (Å²) in [4.78, 5) is 23.5. The molecule has 0 bridgehead atoms. The smallest absolute Gasteiger partial charge is 0.406 e. The van der Waals surface area contributed by atoms with Crippen LogP contribution in [0.5, 0.6) is 5.88 Å². The lowest BCUT2D eigenvalue weighted by Crippen LogP contribution is -2.64. The van der Waals surface area contributed by atoms with Crippen molar-refractivity contribution in [2.45, 2.75) is 57.2 Å². The topological polar surface area (TPSA) is 90.4 Å². The largest absolute Gasteiger partial charge is 0.474 e. The molecule has 5 rings (SSSR count). The minimum absolute atomic E-state index is 0.0105. The van der Waals surface area contributed by atoms with Crippen LogP contribution >= 0.6 is 0 Å². The number of fused-ring (bicyclic) bond motifs is 1. The van der Waals surface area contributed by atoms with E-state index in [2.05, 4.69) is 10.3 Å². The molecule has 1 aromatic carbocycles. The van der Waals surface area contributed by atoms with Crippen LogP contribution in [-0.4, -0.2) is 109 Å². The van der Waals surface area contributed by atoms with Gasteiger partial charge in [-0.1, -0.05) is 12.1 Å². The fraction of sp³-hybridized carbons (Fsp3) is 0.586. The zero-order chi connectivity index (χ0) is 30.0. The van der Waals surface area contributed by atoms with Gasteiger partial charge in [0.05, 0.1) is 38.1 Å². The predicted octanol–water partition coefficient (Wildman–Crippen LogP) is 2.34. The van der Waals surface area contributed by atoms with Gasteiger partial charge in [-0.2, -0.15) is 13.2 Å². The van der Waals surface area contributed by atoms with E-state index in [1.54, 1.807) is 23.1 Å². The second kappa shape index (κ2) is 12.8. The Labute approximate surface area is 242 Å². The van der Waals surface area contributed by atoms with Crippen LogP contribution in [0, 0.1) is 5.82 Å². The van der Waals surface area contributed by atoms with Gasteiger partial charge in [0.1, 0.15) is 24.2 Å². The normalized spacial score (nSPS) is 25.6. The molecule has 13 heteroatoms. The number of rotatable bonds is 7. The fourth-order valence-electron chi connectivity index (χ4n) is 5.93. The van der Waals surface area contributed by atoms with Crippen LogP contribution in [0.4, 0.5) is 23.2 Å². The van der Waals surface area contributed by atoms with Gasteiger partial charge in [0.15, 0.2) is 0 Å². The summed E-state index contributed by atoms with van der Waals surface area (Å²) < 4.78 is 65.6. The molecule has 2 fully saturated rings. The maximum atomic E-state index is 13.9. The van der Waals surface area contributed by atoms with Crippen molar-refractivity contribution in [2.75, 3.05) is 57.4 Å². The molecule has 42 heavy (non-hydrogen) atoms. The quantitative estimate of drug-likeness (QED) is 0.472. The van der Waals surface area contributed by atoms with Crippen LogP contribution in [0.25, 0.3) is 0 Å². The summed E-state index contributed by atoms with van der Waals surface area (Å²) in [5.74, 6) is -0.335. The standard InChI is InChI=1S/C29H37F4N5O4/c1-18-12-37(23(11-34-18)13-36-7-8-41-17-26(36)29(31,32)33)14-27(40)38-19(2)16-42-28-25(38)10-21(24(15-39)35-28)9-20-3-5-22(30)6-4-20/h3-6,10,18-19,23,26,34,39H,7-9,11-17H2,1-2H3/t18-,19+,23-,26-/m1/s1. The first-order valence-electron chi connectivity index (χ1n) is 14.2. The predicted molar refractivity (Wildman–Crippen MR) is 147 cm³/mol. The highest BCUT2D eigenvalue weighted by atomic mass is 19.4. The molecule has 0 spiro atoms. The third-order valence-corrected chi connectivity index (χ3v) is 8.15. The number of aliphatic hydroxyl groups is 1. The van der Waals surface area contributed by atoms with Gasteiger partial charge >= 0.3 is 6.18 Å². The van der Waals surface area contributed by atoms with Crippen molar-refractivity contribution in [2.24, 2.45) is 0 Å². The molecule has 1 amide bonds. The molecule has 0 saturated carbocycles. The Morgan fingerprint density at radius 2 is 1.93 bits per heavy atom. The number of morpholine rings is 1. The summed E-state index contributed by atoms with van der Waals surface area (Å²) in [5, 5.41) is 13.3. The number of carbonyl (C=O) groups is 1. The van der Waals surface area contributed by atoms with Crippen LogP contribution in [0.1, 0.15) is 30.7 Å². The number of piperazine rings is 1. The molecule has 2 aromatic rings. The number of ether oxygens (including phenoxy) is 2. The Bertz CT molecular complexity index is 1250. The van der Waals surface area contributed by atoms with Crippen molar-refractivity contribution in [3.05, 3.63) is 53.0 Å². The number of pyridine rings is 1. The van der Waals surface area contributed by atoms with Gasteiger partial charge in [-0.05, 0) is 49.6 Å². The fourth-order valence-corrected chi connectivity index (χ4v) is 5.93. The van der Waals surface area contributed by atoms with E-state index in [4.69, 9.17) is 9.47 Å². The molecule has 3 aliphatic rings. The second-order valence-electron chi connectivity index (χ2n) is 11.3. The van der Waals surface area contributed by atoms with E-state index in [1.165, 1.54) is 17.0 Å². The number of halogens is 4. The van der Waals surface area contributed by atoms with E-state index >= 15 is 0 Å². The summed E-state index contributed by atoms with van der Waals surface area (Å²) in [6.45, 7) is 4.83. The minimum atomic E-state index is -4.41. The zero-order valence-electron chi connectivity index (χ0n) is 23.7. The average molecular weight is 596 g/mol. The Balaban J connectivity index is 1.37. The van der Waals surface area contributed by atoms with E-state index in [1.807, 2.05) is 18.7 Å². The number of aromatic nitrogens is 1. The molecular formula is C29H37F4N5O4. The number of nitrogens with zero attached hydrogens (tertiary/aromatic N) is 4. The number of benzene rings is 1. The van der Waals surface area contributed by atoms with Crippen LogP contribution in [0.3, 0.4) is 0 Å². The third-order valence-electron chi connectivity index (χ3n) is 8.15. The first-order valence-corrected chi connectivity index (χ1v) is 14.2. The molecule has 9 nitrogen and oxygen atoms in total. The molecule has 0 aliphatic carbocycles. The Kier molecular flexibility index (Phi) is 9.33. The van der Waals surface area contributed by atoms with Crippen molar-refractivity contribution < 1.29 is 36.9 Å². The average Bonchev–Trinajstić information content (AvgIpc) is 2.95. The van der Waals surface area contributed by atoms with E-state index in [0.29, 0.717) is 36.5 Å². The number of hydrogen-bond donors (Lipinski definition) is 2. The van der Waals surface area contributed by atoms with Crippen LogP contribution in [-0.2, 0) is 22.6 Å². The summed E-state index contributed by atoms with van der Waals surface area (Å²) in [6, 6.07) is 5.56. The van der Waals surface area contributed by atoms with Gasteiger partial charge in [0.2, 0.25) is 11.8 Å². The highest BCUT2D eigenvalue weighted by Gasteiger charge is 2.46. The maximum absolute atomic E-state index is 13.9. The van der Waals surface area contributed by atoms with E-state index in [-0.39, 0.29) is 75.2 Å². The Morgan fingerprint density at radius 3 is 2.64 bits per heavy atom. The van der Waals surface area contributed by atoms with Gasteiger partial charge < -0.3 is 24.8 Å². The highest BCUT2D eigenvalue weighted by Crippen LogP contribution is 2.35. The van der Waals surface area contributed by atoms with Crippen LogP contribution < -0.4 is 15.0 Å². The number of carbonyl (C=O) groups excluding carboxylic acids is 1. The number of aliphatic hydroxyl groups excluding tert-OH is 1. The molecule has 0 unspecified atom stereocenters. The van der Waals surface area contributed by atoms with Gasteiger partial charge in [0.25, 0.3) is 0 Å². The summed E-state index contributed by atoms with van der Waals surface area (Å²) in [6.07, 6.45) is -4.04. The van der Waals surface area contributed by atoms with Crippen molar-refractivity contribution in [3.8, 4) is 5.88 Å². The minimum Gasteiger partial charge on any atom is -0.474 e. The van der Waals surface area contributed by atoms with Crippen molar-refractivity contribution in [1.29, 1.82) is 0 Å². The number of amides is 1. The van der Waals surface area contributed by atoms with Gasteiger partial charge in [-0.15, -0.1) is 0 Å². The van der Waals surface area contributed by atoms with E-state index < -0.39 is 18.8 Å².